The number of carboxylic acids is 1. The standard InChI is InChI=1S/C23H21Cl2N3O6/c1-27-22(30)16-5-12(10-26)3-4-18(16)28(33-2)20(29)11-34-19-8-14(23(31)32)6-13-7-15(24)9-17(25)21(13)19/h3-9H,10-11,26H2,1-2H3,(H,27,30)(H,31,32). The summed E-state index contributed by atoms with van der Waals surface area (Å²) in [6.07, 6.45) is 0. The highest BCUT2D eigenvalue weighted by Gasteiger charge is 2.24. The van der Waals surface area contributed by atoms with Gasteiger partial charge in [0.25, 0.3) is 11.8 Å². The van der Waals surface area contributed by atoms with E-state index in [2.05, 4.69) is 5.32 Å². The zero-order valence-corrected chi connectivity index (χ0v) is 19.7. The quantitative estimate of drug-likeness (QED) is 0.398. The first-order valence-corrected chi connectivity index (χ1v) is 10.7. The number of hydrogen-bond acceptors (Lipinski definition) is 6. The molecule has 0 saturated carbocycles. The largest absolute Gasteiger partial charge is 0.483 e. The summed E-state index contributed by atoms with van der Waals surface area (Å²) in [5, 5.41) is 14.2. The first-order valence-electron chi connectivity index (χ1n) is 9.91. The predicted octanol–water partition coefficient (Wildman–Crippen LogP) is 3.64. The van der Waals surface area contributed by atoms with E-state index in [0.717, 1.165) is 5.06 Å². The van der Waals surface area contributed by atoms with E-state index in [9.17, 15) is 19.5 Å². The van der Waals surface area contributed by atoms with E-state index in [-0.39, 0.29) is 34.1 Å². The summed E-state index contributed by atoms with van der Waals surface area (Å²) in [6, 6.07) is 10.4. The van der Waals surface area contributed by atoms with E-state index >= 15 is 0 Å². The molecule has 0 aliphatic heterocycles. The number of rotatable bonds is 8. The number of carboxylic acid groups (broad SMARTS) is 1. The highest BCUT2D eigenvalue weighted by Crippen LogP contribution is 2.36. The highest BCUT2D eigenvalue weighted by molar-refractivity contribution is 6.39. The van der Waals surface area contributed by atoms with Gasteiger partial charge in [-0.15, -0.1) is 0 Å². The maximum Gasteiger partial charge on any atom is 0.335 e. The summed E-state index contributed by atoms with van der Waals surface area (Å²) >= 11 is 12.4. The van der Waals surface area contributed by atoms with Crippen LogP contribution in [0, 0.1) is 0 Å². The molecule has 3 aromatic rings. The van der Waals surface area contributed by atoms with Gasteiger partial charge < -0.3 is 20.9 Å². The van der Waals surface area contributed by atoms with Gasteiger partial charge in [0, 0.05) is 24.0 Å². The number of amides is 2. The Morgan fingerprint density at radius 1 is 1.12 bits per heavy atom. The number of halogens is 2. The molecule has 0 aromatic heterocycles. The molecule has 0 saturated heterocycles. The average Bonchev–Trinajstić information content (AvgIpc) is 2.81. The first kappa shape index (κ1) is 25.3. The van der Waals surface area contributed by atoms with Gasteiger partial charge in [-0.3, -0.25) is 14.4 Å². The monoisotopic (exact) mass is 505 g/mol. The maximum atomic E-state index is 13.0. The number of carbonyl (C=O) groups excluding carboxylic acids is 2. The van der Waals surface area contributed by atoms with E-state index < -0.39 is 24.4 Å². The normalized spacial score (nSPS) is 10.7. The third kappa shape index (κ3) is 5.23. The van der Waals surface area contributed by atoms with Crippen molar-refractivity contribution in [1.29, 1.82) is 0 Å². The van der Waals surface area contributed by atoms with Crippen LogP contribution in [-0.4, -0.2) is 43.7 Å². The number of aromatic carboxylic acids is 1. The molecule has 34 heavy (non-hydrogen) atoms. The molecule has 3 aromatic carbocycles. The van der Waals surface area contributed by atoms with Crippen LogP contribution in [-0.2, 0) is 16.2 Å². The van der Waals surface area contributed by atoms with Gasteiger partial charge >= 0.3 is 5.97 Å². The Kier molecular flexibility index (Phi) is 7.95. The third-order valence-corrected chi connectivity index (χ3v) is 5.44. The predicted molar refractivity (Wildman–Crippen MR) is 129 cm³/mol. The van der Waals surface area contributed by atoms with Crippen molar-refractivity contribution in [3.8, 4) is 5.75 Å². The lowest BCUT2D eigenvalue weighted by Gasteiger charge is -2.23. The van der Waals surface area contributed by atoms with Crippen molar-refractivity contribution in [1.82, 2.24) is 5.32 Å². The molecule has 0 spiro atoms. The van der Waals surface area contributed by atoms with Crippen LogP contribution in [0.1, 0.15) is 26.3 Å². The Balaban J connectivity index is 1.96. The number of hydrogen-bond donors (Lipinski definition) is 3. The number of nitrogens with two attached hydrogens (primary N) is 1. The number of carbonyl (C=O) groups is 3. The minimum Gasteiger partial charge on any atom is -0.483 e. The molecule has 0 bridgehead atoms. The second-order valence-corrected chi connectivity index (χ2v) is 7.90. The van der Waals surface area contributed by atoms with Gasteiger partial charge in [-0.1, -0.05) is 29.3 Å². The maximum absolute atomic E-state index is 13.0. The van der Waals surface area contributed by atoms with Crippen molar-refractivity contribution in [3.63, 3.8) is 0 Å². The molecular formula is C23H21Cl2N3O6. The van der Waals surface area contributed by atoms with Crippen molar-refractivity contribution in [2.75, 3.05) is 25.8 Å². The minimum atomic E-state index is -1.19. The lowest BCUT2D eigenvalue weighted by Crippen LogP contribution is -2.36. The Bertz CT molecular complexity index is 1280. The summed E-state index contributed by atoms with van der Waals surface area (Å²) < 4.78 is 5.69. The van der Waals surface area contributed by atoms with E-state index in [1.54, 1.807) is 18.2 Å². The van der Waals surface area contributed by atoms with Crippen LogP contribution in [0.2, 0.25) is 10.0 Å². The molecule has 0 unspecified atom stereocenters. The molecule has 0 heterocycles. The number of anilines is 1. The fourth-order valence-corrected chi connectivity index (χ4v) is 3.97. The zero-order chi connectivity index (χ0) is 25.0. The third-order valence-electron chi connectivity index (χ3n) is 4.92. The number of fused-ring (bicyclic) bond motifs is 1. The van der Waals surface area contributed by atoms with Crippen molar-refractivity contribution in [2.24, 2.45) is 5.73 Å². The summed E-state index contributed by atoms with van der Waals surface area (Å²) in [7, 11) is 2.72. The smallest absolute Gasteiger partial charge is 0.335 e. The molecule has 0 radical (unpaired) electrons. The van der Waals surface area contributed by atoms with Gasteiger partial charge in [0.1, 0.15) is 5.75 Å². The fourth-order valence-electron chi connectivity index (χ4n) is 3.36. The van der Waals surface area contributed by atoms with Gasteiger partial charge in [-0.05, 0) is 47.3 Å². The Morgan fingerprint density at radius 2 is 1.85 bits per heavy atom. The average molecular weight is 506 g/mol. The zero-order valence-electron chi connectivity index (χ0n) is 18.2. The Morgan fingerprint density at radius 3 is 2.47 bits per heavy atom. The van der Waals surface area contributed by atoms with Crippen LogP contribution in [0.3, 0.4) is 0 Å². The molecule has 0 aliphatic carbocycles. The highest BCUT2D eigenvalue weighted by atomic mass is 35.5. The molecule has 2 amide bonds. The lowest BCUT2D eigenvalue weighted by atomic mass is 10.1. The van der Waals surface area contributed by atoms with E-state index in [1.165, 1.54) is 38.4 Å². The van der Waals surface area contributed by atoms with Gasteiger partial charge in [0.05, 0.1) is 28.9 Å². The first-order chi connectivity index (χ1) is 16.2. The molecule has 178 valence electrons. The molecule has 9 nitrogen and oxygen atoms in total. The topological polar surface area (TPSA) is 131 Å². The second-order valence-electron chi connectivity index (χ2n) is 7.06. The van der Waals surface area contributed by atoms with E-state index in [1.807, 2.05) is 0 Å². The van der Waals surface area contributed by atoms with Crippen LogP contribution >= 0.6 is 23.2 Å². The van der Waals surface area contributed by atoms with Gasteiger partial charge in [0.2, 0.25) is 0 Å². The van der Waals surface area contributed by atoms with Crippen molar-refractivity contribution >= 4 is 57.4 Å². The second kappa shape index (κ2) is 10.7. The van der Waals surface area contributed by atoms with Crippen LogP contribution < -0.4 is 20.9 Å². The van der Waals surface area contributed by atoms with E-state index in [0.29, 0.717) is 21.4 Å². The molecule has 3 rings (SSSR count). The van der Waals surface area contributed by atoms with Gasteiger partial charge in [0.15, 0.2) is 6.61 Å². The van der Waals surface area contributed by atoms with Crippen molar-refractivity contribution in [2.45, 2.75) is 6.54 Å². The van der Waals surface area contributed by atoms with Crippen LogP contribution in [0.25, 0.3) is 10.8 Å². The summed E-state index contributed by atoms with van der Waals surface area (Å²) in [5.41, 5.74) is 6.64. The van der Waals surface area contributed by atoms with Gasteiger partial charge in [-0.2, -0.15) is 5.06 Å². The van der Waals surface area contributed by atoms with Crippen LogP contribution in [0.15, 0.2) is 42.5 Å². The summed E-state index contributed by atoms with van der Waals surface area (Å²) in [5.74, 6) is -2.22. The number of nitrogens with zero attached hydrogens (tertiary/aromatic N) is 1. The molecule has 0 fully saturated rings. The Labute approximate surface area is 204 Å². The molecule has 11 heteroatoms. The SMILES string of the molecule is CNC(=O)c1cc(CN)ccc1N(OC)C(=O)COc1cc(C(=O)O)cc2cc(Cl)cc(Cl)c12. The molecular weight excluding hydrogens is 485 g/mol. The van der Waals surface area contributed by atoms with E-state index in [4.69, 9.17) is 38.5 Å². The lowest BCUT2D eigenvalue weighted by molar-refractivity contribution is -0.126. The summed E-state index contributed by atoms with van der Waals surface area (Å²) in [4.78, 5) is 42.2. The summed E-state index contributed by atoms with van der Waals surface area (Å²) in [6.45, 7) is -0.344. The fraction of sp³-hybridized carbons (Fsp3) is 0.174. The number of benzene rings is 3. The van der Waals surface area contributed by atoms with Crippen molar-refractivity contribution in [3.05, 3.63) is 69.2 Å². The van der Waals surface area contributed by atoms with Gasteiger partial charge in [-0.25, -0.2) is 4.79 Å². The molecule has 4 N–H and O–H groups in total. The van der Waals surface area contributed by atoms with Crippen LogP contribution in [0.4, 0.5) is 5.69 Å². The molecule has 0 aliphatic rings. The number of hydroxylamine groups is 1. The Hall–Kier alpha value is -3.37. The minimum absolute atomic E-state index is 0.0730. The van der Waals surface area contributed by atoms with Crippen LogP contribution in [0.5, 0.6) is 5.75 Å². The number of ether oxygens (including phenoxy) is 1. The molecule has 0 atom stereocenters. The van der Waals surface area contributed by atoms with Crippen molar-refractivity contribution < 1.29 is 29.1 Å². The number of nitrogens with one attached hydrogen (secondary N) is 1.